The number of anilines is 1. The van der Waals surface area contributed by atoms with Crippen LogP contribution in [0.3, 0.4) is 0 Å². The summed E-state index contributed by atoms with van der Waals surface area (Å²) in [6.07, 6.45) is 2.29. The van der Waals surface area contributed by atoms with Crippen LogP contribution in [-0.2, 0) is 14.2 Å². The number of nitrogens with one attached hydrogen (secondary N) is 1. The molecule has 1 aliphatic rings. The van der Waals surface area contributed by atoms with Crippen LogP contribution in [0.15, 0.2) is 47.4 Å². The first-order valence-corrected chi connectivity index (χ1v) is 10.5. The summed E-state index contributed by atoms with van der Waals surface area (Å²) in [6.45, 7) is 0.784. The fourth-order valence-electron chi connectivity index (χ4n) is 3.11. The van der Waals surface area contributed by atoms with Gasteiger partial charge >= 0.3 is 11.9 Å². The van der Waals surface area contributed by atoms with Gasteiger partial charge in [-0.1, -0.05) is 12.1 Å². The quantitative estimate of drug-likeness (QED) is 0.529. The second kappa shape index (κ2) is 10.3. The maximum Gasteiger partial charge on any atom is 0.337 e. The molecule has 0 aromatic heterocycles. The van der Waals surface area contributed by atoms with Crippen molar-refractivity contribution in [2.75, 3.05) is 31.9 Å². The molecule has 2 aromatic carbocycles. The van der Waals surface area contributed by atoms with Crippen LogP contribution in [0.25, 0.3) is 0 Å². The fourth-order valence-corrected chi connectivity index (χ4v) is 4.23. The summed E-state index contributed by atoms with van der Waals surface area (Å²) in [5, 5.41) is 2.77. The molecule has 1 atom stereocenters. The van der Waals surface area contributed by atoms with Crippen LogP contribution in [0.1, 0.15) is 43.9 Å². The molecule has 1 fully saturated rings. The number of benzene rings is 2. The second-order valence-electron chi connectivity index (χ2n) is 6.68. The normalized spacial score (nSPS) is 15.5. The molecule has 1 unspecified atom stereocenters. The van der Waals surface area contributed by atoms with Crippen LogP contribution in [0, 0.1) is 0 Å². The van der Waals surface area contributed by atoms with Crippen molar-refractivity contribution in [3.05, 3.63) is 59.2 Å². The van der Waals surface area contributed by atoms with Gasteiger partial charge in [-0.2, -0.15) is 0 Å². The van der Waals surface area contributed by atoms with Crippen molar-refractivity contribution < 1.29 is 28.6 Å². The predicted molar refractivity (Wildman–Crippen MR) is 113 cm³/mol. The average molecular weight is 429 g/mol. The van der Waals surface area contributed by atoms with Crippen molar-refractivity contribution in [3.63, 3.8) is 0 Å². The van der Waals surface area contributed by atoms with Crippen LogP contribution < -0.4 is 5.32 Å². The van der Waals surface area contributed by atoms with Crippen molar-refractivity contribution in [3.8, 4) is 0 Å². The lowest BCUT2D eigenvalue weighted by atomic mass is 10.1. The number of hydrogen-bond donors (Lipinski definition) is 1. The Hall–Kier alpha value is -2.84. The fraction of sp³-hybridized carbons (Fsp3) is 0.318. The Morgan fingerprint density at radius 1 is 1.07 bits per heavy atom. The highest BCUT2D eigenvalue weighted by molar-refractivity contribution is 7.99. The van der Waals surface area contributed by atoms with E-state index in [-0.39, 0.29) is 23.1 Å². The van der Waals surface area contributed by atoms with Gasteiger partial charge in [-0.15, -0.1) is 11.8 Å². The average Bonchev–Trinajstić information content (AvgIpc) is 3.30. The Kier molecular flexibility index (Phi) is 7.48. The molecule has 1 amide bonds. The maximum atomic E-state index is 12.9. The maximum absolute atomic E-state index is 12.9. The molecule has 3 rings (SSSR count). The molecule has 1 heterocycles. The summed E-state index contributed by atoms with van der Waals surface area (Å²) < 4.78 is 15.1. The third-order valence-electron chi connectivity index (χ3n) is 4.61. The van der Waals surface area contributed by atoms with Gasteiger partial charge in [0.2, 0.25) is 0 Å². The second-order valence-corrected chi connectivity index (χ2v) is 7.74. The summed E-state index contributed by atoms with van der Waals surface area (Å²) in [7, 11) is 2.49. The zero-order valence-corrected chi connectivity index (χ0v) is 17.6. The van der Waals surface area contributed by atoms with Gasteiger partial charge in [0.1, 0.15) is 0 Å². The lowest BCUT2D eigenvalue weighted by molar-refractivity contribution is 0.0599. The molecular weight excluding hydrogens is 406 g/mol. The molecule has 0 saturated carbocycles. The predicted octanol–water partition coefficient (Wildman–Crippen LogP) is 3.78. The van der Waals surface area contributed by atoms with Crippen LogP contribution in [-0.4, -0.2) is 50.5 Å². The van der Waals surface area contributed by atoms with Gasteiger partial charge in [0.15, 0.2) is 0 Å². The molecule has 8 heteroatoms. The molecule has 0 spiro atoms. The zero-order chi connectivity index (χ0) is 21.5. The standard InChI is InChI=1S/C22H23NO6S/c1-27-21(25)14-10-15(22(26)28-2)12-16(11-14)23-20(24)18-7-3-4-8-19(18)30-13-17-6-5-9-29-17/h3-4,7-8,10-12,17H,5-6,9,13H2,1-2H3,(H,23,24). The lowest BCUT2D eigenvalue weighted by Gasteiger charge is -2.13. The van der Waals surface area contributed by atoms with Crippen molar-refractivity contribution in [2.45, 2.75) is 23.8 Å². The summed E-state index contributed by atoms with van der Waals surface area (Å²) in [5.41, 5.74) is 1.07. The van der Waals surface area contributed by atoms with E-state index in [0.29, 0.717) is 11.3 Å². The smallest absolute Gasteiger partial charge is 0.337 e. The van der Waals surface area contributed by atoms with Gasteiger partial charge in [-0.3, -0.25) is 4.79 Å². The molecule has 1 aliphatic heterocycles. The number of carbonyl (C=O) groups is 3. The number of ether oxygens (including phenoxy) is 3. The Labute approximate surface area is 179 Å². The van der Waals surface area contributed by atoms with E-state index in [4.69, 9.17) is 14.2 Å². The lowest BCUT2D eigenvalue weighted by Crippen LogP contribution is -2.15. The minimum atomic E-state index is -0.622. The highest BCUT2D eigenvalue weighted by Crippen LogP contribution is 2.27. The van der Waals surface area contributed by atoms with Crippen molar-refractivity contribution >= 4 is 35.3 Å². The van der Waals surface area contributed by atoms with E-state index in [1.165, 1.54) is 32.4 Å². The minimum absolute atomic E-state index is 0.136. The molecule has 1 saturated heterocycles. The largest absolute Gasteiger partial charge is 0.465 e. The van der Waals surface area contributed by atoms with Gasteiger partial charge in [0, 0.05) is 22.9 Å². The van der Waals surface area contributed by atoms with E-state index >= 15 is 0 Å². The van der Waals surface area contributed by atoms with E-state index < -0.39 is 11.9 Å². The molecule has 158 valence electrons. The van der Waals surface area contributed by atoms with Gasteiger partial charge in [-0.05, 0) is 43.2 Å². The number of carbonyl (C=O) groups excluding carboxylic acids is 3. The number of hydrogen-bond acceptors (Lipinski definition) is 7. The van der Waals surface area contributed by atoms with E-state index in [0.717, 1.165) is 30.1 Å². The van der Waals surface area contributed by atoms with Gasteiger partial charge in [0.25, 0.3) is 5.91 Å². The molecule has 30 heavy (non-hydrogen) atoms. The summed E-state index contributed by atoms with van der Waals surface area (Å²) >= 11 is 1.57. The SMILES string of the molecule is COC(=O)c1cc(NC(=O)c2ccccc2SCC2CCCO2)cc(C(=O)OC)c1. The summed E-state index contributed by atoms with van der Waals surface area (Å²) in [4.78, 5) is 37.7. The first kappa shape index (κ1) is 21.9. The van der Waals surface area contributed by atoms with Gasteiger partial charge in [0.05, 0.1) is 37.0 Å². The number of methoxy groups -OCH3 is 2. The van der Waals surface area contributed by atoms with Gasteiger partial charge in [-0.25, -0.2) is 9.59 Å². The molecule has 7 nitrogen and oxygen atoms in total. The molecule has 0 radical (unpaired) electrons. The van der Waals surface area contributed by atoms with E-state index in [9.17, 15) is 14.4 Å². The van der Waals surface area contributed by atoms with Crippen LogP contribution in [0.4, 0.5) is 5.69 Å². The summed E-state index contributed by atoms with van der Waals surface area (Å²) in [6, 6.07) is 11.6. The topological polar surface area (TPSA) is 90.9 Å². The first-order chi connectivity index (χ1) is 14.5. The monoisotopic (exact) mass is 429 g/mol. The highest BCUT2D eigenvalue weighted by Gasteiger charge is 2.19. The van der Waals surface area contributed by atoms with Crippen molar-refractivity contribution in [1.82, 2.24) is 0 Å². The molecular formula is C22H23NO6S. The van der Waals surface area contributed by atoms with E-state index in [1.807, 2.05) is 12.1 Å². The summed E-state index contributed by atoms with van der Waals surface area (Å²) in [5.74, 6) is -0.815. The van der Waals surface area contributed by atoms with Crippen LogP contribution >= 0.6 is 11.8 Å². The number of rotatable bonds is 7. The van der Waals surface area contributed by atoms with Crippen molar-refractivity contribution in [2.24, 2.45) is 0 Å². The molecule has 1 N–H and O–H groups in total. The Morgan fingerprint density at radius 3 is 2.33 bits per heavy atom. The third-order valence-corrected chi connectivity index (χ3v) is 5.82. The molecule has 0 aliphatic carbocycles. The number of esters is 2. The van der Waals surface area contributed by atoms with Gasteiger partial charge < -0.3 is 19.5 Å². The highest BCUT2D eigenvalue weighted by atomic mass is 32.2. The number of thioether (sulfide) groups is 1. The van der Waals surface area contributed by atoms with E-state index in [1.54, 1.807) is 23.9 Å². The zero-order valence-electron chi connectivity index (χ0n) is 16.8. The minimum Gasteiger partial charge on any atom is -0.465 e. The van der Waals surface area contributed by atoms with E-state index in [2.05, 4.69) is 5.32 Å². The Bertz CT molecular complexity index is 905. The third kappa shape index (κ3) is 5.40. The first-order valence-electron chi connectivity index (χ1n) is 9.48. The van der Waals surface area contributed by atoms with Crippen LogP contribution in [0.2, 0.25) is 0 Å². The Balaban J connectivity index is 1.81. The molecule has 0 bridgehead atoms. The van der Waals surface area contributed by atoms with Crippen molar-refractivity contribution in [1.29, 1.82) is 0 Å². The molecule has 2 aromatic rings. The number of amides is 1. The van der Waals surface area contributed by atoms with Crippen LogP contribution in [0.5, 0.6) is 0 Å². The Morgan fingerprint density at radius 2 is 1.73 bits per heavy atom.